The number of carbonyl (C=O) groups excluding carboxylic acids is 2. The van der Waals surface area contributed by atoms with Crippen LogP contribution in [0, 0.1) is 11.7 Å². The van der Waals surface area contributed by atoms with E-state index in [9.17, 15) is 22.4 Å². The van der Waals surface area contributed by atoms with Gasteiger partial charge in [-0.3, -0.25) is 9.59 Å². The second-order valence-electron chi connectivity index (χ2n) is 11.0. The Balaban J connectivity index is 1.50. The van der Waals surface area contributed by atoms with Gasteiger partial charge in [-0.05, 0) is 80.6 Å². The molecule has 2 aliphatic heterocycles. The topological polar surface area (TPSA) is 117 Å². The maximum Gasteiger partial charge on any atom is 0.243 e. The molecule has 3 N–H and O–H groups in total. The molecule has 0 bridgehead atoms. The van der Waals surface area contributed by atoms with Gasteiger partial charge in [-0.1, -0.05) is 35.3 Å². The van der Waals surface area contributed by atoms with Crippen molar-refractivity contribution in [2.75, 3.05) is 25.9 Å². The standard InChI is InChI=1S/C29H37Cl2FN4O5S/c1-42(39,40)35-26(9-4-19-10-12-33-13-11-19)29(38)36-17-24(41-18-20-2-5-22(30)6-3-20)15-27(36)28(37)34-16-21-14-23(31)7-8-25(21)32/h2-3,5-8,14,19,24,26-27,33,35H,4,9-13,15-18H2,1H3,(H,34,37)/t24-,26-,27+/m1/s1. The highest BCUT2D eigenvalue weighted by Gasteiger charge is 2.42. The van der Waals surface area contributed by atoms with Crippen LogP contribution in [-0.4, -0.2) is 69.2 Å². The predicted molar refractivity (Wildman–Crippen MR) is 160 cm³/mol. The number of nitrogens with one attached hydrogen (secondary N) is 3. The Morgan fingerprint density at radius 2 is 1.81 bits per heavy atom. The van der Waals surface area contributed by atoms with Crippen LogP contribution < -0.4 is 15.4 Å². The van der Waals surface area contributed by atoms with Gasteiger partial charge in [0.15, 0.2) is 0 Å². The molecule has 2 aromatic carbocycles. The summed E-state index contributed by atoms with van der Waals surface area (Å²) in [5.41, 5.74) is 1.08. The summed E-state index contributed by atoms with van der Waals surface area (Å²) in [5, 5.41) is 6.95. The van der Waals surface area contributed by atoms with Crippen molar-refractivity contribution in [1.82, 2.24) is 20.3 Å². The third kappa shape index (κ3) is 9.62. The van der Waals surface area contributed by atoms with Crippen LogP contribution in [0.3, 0.4) is 0 Å². The van der Waals surface area contributed by atoms with Crippen molar-refractivity contribution in [2.24, 2.45) is 5.92 Å². The van der Waals surface area contributed by atoms with Crippen molar-refractivity contribution in [3.63, 3.8) is 0 Å². The number of rotatable bonds is 12. The van der Waals surface area contributed by atoms with Gasteiger partial charge in [-0.15, -0.1) is 0 Å². The summed E-state index contributed by atoms with van der Waals surface area (Å²) < 4.78 is 47.3. The van der Waals surface area contributed by atoms with E-state index in [0.29, 0.717) is 28.8 Å². The zero-order chi connectivity index (χ0) is 30.3. The van der Waals surface area contributed by atoms with Gasteiger partial charge in [0.05, 0.1) is 19.0 Å². The Morgan fingerprint density at radius 1 is 1.12 bits per heavy atom. The first kappa shape index (κ1) is 32.6. The van der Waals surface area contributed by atoms with Crippen LogP contribution in [0.4, 0.5) is 4.39 Å². The van der Waals surface area contributed by atoms with E-state index in [-0.39, 0.29) is 31.7 Å². The van der Waals surface area contributed by atoms with Crippen LogP contribution in [0.1, 0.15) is 43.2 Å². The maximum atomic E-state index is 14.3. The molecule has 13 heteroatoms. The van der Waals surface area contributed by atoms with Gasteiger partial charge in [0.25, 0.3) is 0 Å². The van der Waals surface area contributed by atoms with Crippen molar-refractivity contribution in [3.05, 3.63) is 69.5 Å². The molecule has 2 heterocycles. The van der Waals surface area contributed by atoms with E-state index in [0.717, 1.165) is 37.8 Å². The van der Waals surface area contributed by atoms with Crippen LogP contribution in [0.25, 0.3) is 0 Å². The summed E-state index contributed by atoms with van der Waals surface area (Å²) in [5.74, 6) is -1.11. The molecule has 2 aliphatic rings. The Labute approximate surface area is 256 Å². The van der Waals surface area contributed by atoms with Crippen LogP contribution in [0.2, 0.25) is 10.0 Å². The highest BCUT2D eigenvalue weighted by Crippen LogP contribution is 2.26. The van der Waals surface area contributed by atoms with Crippen LogP contribution in [0.15, 0.2) is 42.5 Å². The minimum atomic E-state index is -3.71. The van der Waals surface area contributed by atoms with Gasteiger partial charge < -0.3 is 20.3 Å². The quantitative estimate of drug-likeness (QED) is 0.326. The molecule has 0 aliphatic carbocycles. The number of halogens is 3. The van der Waals surface area contributed by atoms with Crippen LogP contribution in [0.5, 0.6) is 0 Å². The van der Waals surface area contributed by atoms with E-state index in [2.05, 4.69) is 15.4 Å². The number of likely N-dealkylation sites (tertiary alicyclic amines) is 1. The monoisotopic (exact) mass is 642 g/mol. The Bertz CT molecular complexity index is 1340. The first-order valence-electron chi connectivity index (χ1n) is 14.0. The molecule has 230 valence electrons. The van der Waals surface area contributed by atoms with Crippen LogP contribution in [-0.2, 0) is 37.5 Å². The van der Waals surface area contributed by atoms with Crippen molar-refractivity contribution >= 4 is 45.0 Å². The predicted octanol–water partition coefficient (Wildman–Crippen LogP) is 3.63. The SMILES string of the molecule is CS(=O)(=O)N[C@H](CCC1CCNCC1)C(=O)N1C[C@H](OCc2ccc(Cl)cc2)C[C@H]1C(=O)NCc1cc(Cl)ccc1F. The lowest BCUT2D eigenvalue weighted by atomic mass is 9.91. The number of sulfonamides is 1. The second-order valence-corrected chi connectivity index (χ2v) is 13.6. The summed E-state index contributed by atoms with van der Waals surface area (Å²) >= 11 is 12.0. The molecule has 2 aromatic rings. The molecular weight excluding hydrogens is 606 g/mol. The lowest BCUT2D eigenvalue weighted by Crippen LogP contribution is -2.53. The fraction of sp³-hybridized carbons (Fsp3) is 0.517. The summed E-state index contributed by atoms with van der Waals surface area (Å²) in [7, 11) is -3.71. The molecule has 0 unspecified atom stereocenters. The lowest BCUT2D eigenvalue weighted by molar-refractivity contribution is -0.140. The minimum absolute atomic E-state index is 0.103. The molecule has 0 spiro atoms. The number of hydrogen-bond donors (Lipinski definition) is 3. The molecule has 2 amide bonds. The molecule has 2 fully saturated rings. The maximum absolute atomic E-state index is 14.3. The fourth-order valence-corrected chi connectivity index (χ4v) is 6.50. The van der Waals surface area contributed by atoms with E-state index >= 15 is 0 Å². The number of piperidine rings is 1. The van der Waals surface area contributed by atoms with Gasteiger partial charge in [-0.25, -0.2) is 17.5 Å². The number of carbonyl (C=O) groups is 2. The molecule has 0 aromatic heterocycles. The first-order chi connectivity index (χ1) is 20.0. The Hall–Kier alpha value is -2.28. The van der Waals surface area contributed by atoms with Gasteiger partial charge in [0.1, 0.15) is 17.9 Å². The van der Waals surface area contributed by atoms with Gasteiger partial charge >= 0.3 is 0 Å². The summed E-state index contributed by atoms with van der Waals surface area (Å²) in [6, 6.07) is 9.27. The van der Waals surface area contributed by atoms with Gasteiger partial charge in [0, 0.05) is 35.1 Å². The van der Waals surface area contributed by atoms with E-state index in [1.165, 1.54) is 23.1 Å². The molecule has 9 nitrogen and oxygen atoms in total. The third-order valence-corrected chi connectivity index (χ3v) is 8.88. The molecule has 3 atom stereocenters. The second kappa shape index (κ2) is 14.9. The van der Waals surface area contributed by atoms with Crippen LogP contribution >= 0.6 is 23.2 Å². The normalized spacial score (nSPS) is 20.4. The van der Waals surface area contributed by atoms with Gasteiger partial charge in [0.2, 0.25) is 21.8 Å². The molecule has 42 heavy (non-hydrogen) atoms. The smallest absolute Gasteiger partial charge is 0.243 e. The highest BCUT2D eigenvalue weighted by atomic mass is 35.5. The van der Waals surface area contributed by atoms with E-state index < -0.39 is 45.8 Å². The number of amides is 2. The number of ether oxygens (including phenoxy) is 1. The van der Waals surface area contributed by atoms with Crippen molar-refractivity contribution in [3.8, 4) is 0 Å². The molecule has 0 radical (unpaired) electrons. The lowest BCUT2D eigenvalue weighted by Gasteiger charge is -2.30. The molecule has 4 rings (SSSR count). The average molecular weight is 644 g/mol. The van der Waals surface area contributed by atoms with Gasteiger partial charge in [-0.2, -0.15) is 0 Å². The van der Waals surface area contributed by atoms with E-state index in [1.54, 1.807) is 12.1 Å². The Kier molecular flexibility index (Phi) is 11.6. The summed E-state index contributed by atoms with van der Waals surface area (Å²) in [4.78, 5) is 28.7. The average Bonchev–Trinajstić information content (AvgIpc) is 3.39. The molecule has 2 saturated heterocycles. The van der Waals surface area contributed by atoms with E-state index in [4.69, 9.17) is 27.9 Å². The van der Waals surface area contributed by atoms with Crippen molar-refractivity contribution in [1.29, 1.82) is 0 Å². The largest absolute Gasteiger partial charge is 0.372 e. The van der Waals surface area contributed by atoms with E-state index in [1.807, 2.05) is 12.1 Å². The molecule has 0 saturated carbocycles. The minimum Gasteiger partial charge on any atom is -0.372 e. The van der Waals surface area contributed by atoms with Crippen molar-refractivity contribution in [2.45, 2.75) is 63.4 Å². The number of benzene rings is 2. The zero-order valence-corrected chi connectivity index (χ0v) is 25.8. The molecular formula is C29H37Cl2FN4O5S. The summed E-state index contributed by atoms with van der Waals surface area (Å²) in [6.45, 7) is 1.99. The number of hydrogen-bond acceptors (Lipinski definition) is 6. The third-order valence-electron chi connectivity index (χ3n) is 7.68. The fourth-order valence-electron chi connectivity index (χ4n) is 5.45. The number of nitrogens with zero attached hydrogens (tertiary/aromatic N) is 1. The highest BCUT2D eigenvalue weighted by molar-refractivity contribution is 7.88. The van der Waals surface area contributed by atoms with Crippen molar-refractivity contribution < 1.29 is 27.1 Å². The Morgan fingerprint density at radius 3 is 2.50 bits per heavy atom. The first-order valence-corrected chi connectivity index (χ1v) is 16.7. The summed E-state index contributed by atoms with van der Waals surface area (Å²) in [6.07, 6.45) is 3.63. The zero-order valence-electron chi connectivity index (χ0n) is 23.5.